The van der Waals surface area contributed by atoms with Gasteiger partial charge in [-0.25, -0.2) is 4.68 Å². The van der Waals surface area contributed by atoms with Gasteiger partial charge in [-0.2, -0.15) is 5.10 Å². The maximum atomic E-state index is 12.2. The van der Waals surface area contributed by atoms with Gasteiger partial charge >= 0.3 is 0 Å². The average molecular weight is 364 g/mol. The summed E-state index contributed by atoms with van der Waals surface area (Å²) in [6.07, 6.45) is 1.81. The van der Waals surface area contributed by atoms with E-state index in [1.807, 2.05) is 32.0 Å². The highest BCUT2D eigenvalue weighted by molar-refractivity contribution is 9.10. The number of nitrogens with zero attached hydrogens (tertiary/aromatic N) is 2. The molecule has 1 N–H and O–H groups in total. The molecule has 0 aliphatic heterocycles. The summed E-state index contributed by atoms with van der Waals surface area (Å²) in [6.45, 7) is 4.53. The first-order valence-electron chi connectivity index (χ1n) is 7.17. The van der Waals surface area contributed by atoms with Gasteiger partial charge in [0.15, 0.2) is 0 Å². The van der Waals surface area contributed by atoms with Crippen LogP contribution in [0.1, 0.15) is 35.8 Å². The molecule has 5 nitrogen and oxygen atoms in total. The molecule has 1 aromatic heterocycles. The Hall–Kier alpha value is -1.95. The standard InChI is InChI=1S/C16H18BrN3O2/c1-3-4-9-20-15(21)8-7-14(19-20)16(22)18-12-6-5-11(2)13(17)10-12/h5-8,10H,3-4,9H2,1-2H3,(H,18,22). The number of aryl methyl sites for hydroxylation is 2. The Kier molecular flexibility index (Phi) is 5.49. The summed E-state index contributed by atoms with van der Waals surface area (Å²) in [7, 11) is 0. The minimum Gasteiger partial charge on any atom is -0.321 e. The fraction of sp³-hybridized carbons (Fsp3) is 0.312. The molecule has 0 saturated carbocycles. The van der Waals surface area contributed by atoms with Crippen molar-refractivity contribution in [3.63, 3.8) is 0 Å². The molecule has 0 bridgehead atoms. The van der Waals surface area contributed by atoms with E-state index in [4.69, 9.17) is 0 Å². The van der Waals surface area contributed by atoms with Gasteiger partial charge in [0.25, 0.3) is 11.5 Å². The lowest BCUT2D eigenvalue weighted by Crippen LogP contribution is -2.26. The van der Waals surface area contributed by atoms with Crippen molar-refractivity contribution in [1.82, 2.24) is 9.78 Å². The second-order valence-corrected chi connectivity index (χ2v) is 5.91. The Labute approximate surface area is 137 Å². The van der Waals surface area contributed by atoms with Gasteiger partial charge in [0, 0.05) is 22.8 Å². The zero-order valence-corrected chi connectivity index (χ0v) is 14.2. The normalized spacial score (nSPS) is 10.5. The van der Waals surface area contributed by atoms with E-state index in [1.165, 1.54) is 16.8 Å². The van der Waals surface area contributed by atoms with Crippen LogP contribution in [0.2, 0.25) is 0 Å². The highest BCUT2D eigenvalue weighted by Gasteiger charge is 2.10. The number of hydrogen-bond acceptors (Lipinski definition) is 3. The van der Waals surface area contributed by atoms with Gasteiger partial charge < -0.3 is 5.32 Å². The predicted molar refractivity (Wildman–Crippen MR) is 90.2 cm³/mol. The molecule has 1 aromatic carbocycles. The van der Waals surface area contributed by atoms with Crippen LogP contribution >= 0.6 is 15.9 Å². The molecule has 2 aromatic rings. The second-order valence-electron chi connectivity index (χ2n) is 5.05. The molecule has 0 unspecified atom stereocenters. The van der Waals surface area contributed by atoms with E-state index >= 15 is 0 Å². The molecular formula is C16H18BrN3O2. The maximum Gasteiger partial charge on any atom is 0.276 e. The van der Waals surface area contributed by atoms with Crippen LogP contribution in [0, 0.1) is 6.92 Å². The molecule has 0 aliphatic rings. The maximum absolute atomic E-state index is 12.2. The number of hydrogen-bond donors (Lipinski definition) is 1. The van der Waals surface area contributed by atoms with Gasteiger partial charge in [0.1, 0.15) is 5.69 Å². The van der Waals surface area contributed by atoms with Crippen LogP contribution in [-0.2, 0) is 6.54 Å². The molecule has 2 rings (SSSR count). The van der Waals surface area contributed by atoms with Crippen LogP contribution < -0.4 is 10.9 Å². The highest BCUT2D eigenvalue weighted by Crippen LogP contribution is 2.20. The first kappa shape index (κ1) is 16.4. The van der Waals surface area contributed by atoms with Crippen molar-refractivity contribution in [3.05, 3.63) is 56.4 Å². The third-order valence-corrected chi connectivity index (χ3v) is 4.11. The summed E-state index contributed by atoms with van der Waals surface area (Å²) < 4.78 is 2.26. The Morgan fingerprint density at radius 1 is 1.32 bits per heavy atom. The highest BCUT2D eigenvalue weighted by atomic mass is 79.9. The van der Waals surface area contributed by atoms with Gasteiger partial charge in [0.2, 0.25) is 0 Å². The number of amides is 1. The monoisotopic (exact) mass is 363 g/mol. The van der Waals surface area contributed by atoms with Crippen LogP contribution in [0.25, 0.3) is 0 Å². The minimum atomic E-state index is -0.332. The third-order valence-electron chi connectivity index (χ3n) is 3.25. The largest absolute Gasteiger partial charge is 0.321 e. The molecule has 6 heteroatoms. The molecule has 1 heterocycles. The molecule has 116 valence electrons. The van der Waals surface area contributed by atoms with E-state index in [-0.39, 0.29) is 17.2 Å². The number of benzene rings is 1. The SMILES string of the molecule is CCCCn1nc(C(=O)Nc2ccc(C)c(Br)c2)ccc1=O. The molecule has 1 amide bonds. The Morgan fingerprint density at radius 2 is 2.09 bits per heavy atom. The quantitative estimate of drug-likeness (QED) is 0.885. The Balaban J connectivity index is 2.18. The van der Waals surface area contributed by atoms with Crippen molar-refractivity contribution in [2.45, 2.75) is 33.2 Å². The Bertz CT molecular complexity index is 740. The van der Waals surface area contributed by atoms with Crippen molar-refractivity contribution in [3.8, 4) is 0 Å². The summed E-state index contributed by atoms with van der Waals surface area (Å²) in [4.78, 5) is 23.9. The zero-order valence-electron chi connectivity index (χ0n) is 12.6. The topological polar surface area (TPSA) is 64.0 Å². The van der Waals surface area contributed by atoms with Crippen LogP contribution in [0.15, 0.2) is 39.6 Å². The molecule has 0 spiro atoms. The number of carbonyl (C=O) groups excluding carboxylic acids is 1. The molecule has 0 fully saturated rings. The smallest absolute Gasteiger partial charge is 0.276 e. The fourth-order valence-electron chi connectivity index (χ4n) is 1.90. The lowest BCUT2D eigenvalue weighted by atomic mass is 10.2. The number of nitrogens with one attached hydrogen (secondary N) is 1. The molecule has 0 saturated heterocycles. The molecule has 0 radical (unpaired) electrons. The van der Waals surface area contributed by atoms with Gasteiger partial charge in [-0.15, -0.1) is 0 Å². The second kappa shape index (κ2) is 7.35. The summed E-state index contributed by atoms with van der Waals surface area (Å²) in [5.41, 5.74) is 1.80. The van der Waals surface area contributed by atoms with Crippen molar-refractivity contribution >= 4 is 27.5 Å². The number of unbranched alkanes of at least 4 members (excludes halogenated alkanes) is 1. The molecule has 0 atom stereocenters. The number of halogens is 1. The van der Waals surface area contributed by atoms with E-state index in [1.54, 1.807) is 0 Å². The Morgan fingerprint density at radius 3 is 2.77 bits per heavy atom. The van der Waals surface area contributed by atoms with E-state index in [2.05, 4.69) is 26.3 Å². The van der Waals surface area contributed by atoms with Gasteiger partial charge in [0.05, 0.1) is 0 Å². The molecule has 0 aliphatic carbocycles. The third kappa shape index (κ3) is 4.04. The van der Waals surface area contributed by atoms with Crippen LogP contribution in [0.5, 0.6) is 0 Å². The lowest BCUT2D eigenvalue weighted by molar-refractivity contribution is 0.101. The number of aromatic nitrogens is 2. The molecule has 22 heavy (non-hydrogen) atoms. The van der Waals surface area contributed by atoms with E-state index in [0.717, 1.165) is 22.9 Å². The average Bonchev–Trinajstić information content (AvgIpc) is 2.50. The minimum absolute atomic E-state index is 0.192. The van der Waals surface area contributed by atoms with Crippen molar-refractivity contribution < 1.29 is 4.79 Å². The zero-order chi connectivity index (χ0) is 16.1. The number of rotatable bonds is 5. The summed E-state index contributed by atoms with van der Waals surface area (Å²) in [6, 6.07) is 8.40. The van der Waals surface area contributed by atoms with Gasteiger partial charge in [-0.05, 0) is 37.1 Å². The van der Waals surface area contributed by atoms with Crippen LogP contribution in [0.3, 0.4) is 0 Å². The lowest BCUT2D eigenvalue weighted by Gasteiger charge is -2.08. The van der Waals surface area contributed by atoms with Gasteiger partial charge in [-0.1, -0.05) is 35.3 Å². The van der Waals surface area contributed by atoms with Crippen molar-refractivity contribution in [1.29, 1.82) is 0 Å². The number of carbonyl (C=O) groups is 1. The first-order chi connectivity index (χ1) is 10.5. The van der Waals surface area contributed by atoms with E-state index < -0.39 is 0 Å². The van der Waals surface area contributed by atoms with Crippen molar-refractivity contribution in [2.24, 2.45) is 0 Å². The van der Waals surface area contributed by atoms with E-state index in [0.29, 0.717) is 12.2 Å². The van der Waals surface area contributed by atoms with Crippen LogP contribution in [0.4, 0.5) is 5.69 Å². The fourth-order valence-corrected chi connectivity index (χ4v) is 2.28. The predicted octanol–water partition coefficient (Wildman–Crippen LogP) is 3.37. The summed E-state index contributed by atoms with van der Waals surface area (Å²) in [5, 5.41) is 6.91. The van der Waals surface area contributed by atoms with Crippen molar-refractivity contribution in [2.75, 3.05) is 5.32 Å². The van der Waals surface area contributed by atoms with Crippen LogP contribution in [-0.4, -0.2) is 15.7 Å². The van der Waals surface area contributed by atoms with E-state index in [9.17, 15) is 9.59 Å². The molecular weight excluding hydrogens is 346 g/mol. The summed E-state index contributed by atoms with van der Waals surface area (Å²) in [5.74, 6) is -0.332. The van der Waals surface area contributed by atoms with Gasteiger partial charge in [-0.3, -0.25) is 9.59 Å². The number of anilines is 1. The summed E-state index contributed by atoms with van der Waals surface area (Å²) >= 11 is 3.43. The first-order valence-corrected chi connectivity index (χ1v) is 7.96.